The molecule has 0 unspecified atom stereocenters. The van der Waals surface area contributed by atoms with Gasteiger partial charge in [0.25, 0.3) is 0 Å². The van der Waals surface area contributed by atoms with Crippen LogP contribution in [0.5, 0.6) is 0 Å². The molecular formula is C8H17NO. The minimum Gasteiger partial charge on any atom is -0.390 e. The highest BCUT2D eigenvalue weighted by atomic mass is 16.3. The van der Waals surface area contributed by atoms with Crippen LogP contribution in [-0.2, 0) is 0 Å². The maximum absolute atomic E-state index is 9.78. The molecule has 1 fully saturated rings. The van der Waals surface area contributed by atoms with Gasteiger partial charge in [0.15, 0.2) is 0 Å². The molecule has 0 spiro atoms. The molecular weight excluding hydrogens is 126 g/mol. The van der Waals surface area contributed by atoms with Crippen molar-refractivity contribution in [3.8, 4) is 0 Å². The molecule has 0 aromatic carbocycles. The number of rotatable bonds is 0. The van der Waals surface area contributed by atoms with Gasteiger partial charge in [0.2, 0.25) is 0 Å². The summed E-state index contributed by atoms with van der Waals surface area (Å²) >= 11 is 0. The first-order valence-corrected chi connectivity index (χ1v) is 4.06. The molecule has 2 heteroatoms. The standard InChI is InChI=1S/C8H17NO/c1-7-6-9-5-3-4-8(7,2)10/h7,9-10H,3-6H2,1-2H3/t7-,8+/m1/s1. The topological polar surface area (TPSA) is 32.3 Å². The van der Waals surface area contributed by atoms with Gasteiger partial charge in [-0.25, -0.2) is 0 Å². The van der Waals surface area contributed by atoms with Crippen LogP contribution in [0, 0.1) is 5.92 Å². The summed E-state index contributed by atoms with van der Waals surface area (Å²) in [6, 6.07) is 0. The Morgan fingerprint density at radius 1 is 1.60 bits per heavy atom. The smallest absolute Gasteiger partial charge is 0.0657 e. The number of hydrogen-bond donors (Lipinski definition) is 2. The largest absolute Gasteiger partial charge is 0.390 e. The fourth-order valence-electron chi connectivity index (χ4n) is 1.36. The molecule has 0 bridgehead atoms. The molecule has 1 rings (SSSR count). The van der Waals surface area contributed by atoms with Gasteiger partial charge >= 0.3 is 0 Å². The Balaban J connectivity index is 2.52. The fraction of sp³-hybridized carbons (Fsp3) is 1.00. The highest BCUT2D eigenvalue weighted by Gasteiger charge is 2.28. The summed E-state index contributed by atoms with van der Waals surface area (Å²) < 4.78 is 0. The van der Waals surface area contributed by atoms with E-state index < -0.39 is 5.60 Å². The monoisotopic (exact) mass is 143 g/mol. The summed E-state index contributed by atoms with van der Waals surface area (Å²) in [6.45, 7) is 6.04. The van der Waals surface area contributed by atoms with Crippen LogP contribution >= 0.6 is 0 Å². The van der Waals surface area contributed by atoms with Gasteiger partial charge in [0.05, 0.1) is 5.60 Å². The molecule has 2 nitrogen and oxygen atoms in total. The van der Waals surface area contributed by atoms with Gasteiger partial charge in [-0.1, -0.05) is 6.92 Å². The van der Waals surface area contributed by atoms with E-state index in [4.69, 9.17) is 0 Å². The molecule has 1 heterocycles. The van der Waals surface area contributed by atoms with E-state index in [0.717, 1.165) is 25.9 Å². The van der Waals surface area contributed by atoms with Crippen LogP contribution in [-0.4, -0.2) is 23.8 Å². The van der Waals surface area contributed by atoms with Gasteiger partial charge in [0.1, 0.15) is 0 Å². The third-order valence-corrected chi connectivity index (χ3v) is 2.55. The van der Waals surface area contributed by atoms with Gasteiger partial charge in [-0.05, 0) is 32.2 Å². The van der Waals surface area contributed by atoms with Gasteiger partial charge in [0, 0.05) is 6.54 Å². The quantitative estimate of drug-likeness (QED) is 0.524. The third kappa shape index (κ3) is 1.70. The minimum atomic E-state index is -0.441. The first kappa shape index (κ1) is 8.02. The average molecular weight is 143 g/mol. The first-order chi connectivity index (χ1) is 4.63. The summed E-state index contributed by atoms with van der Waals surface area (Å²) in [6.07, 6.45) is 2.03. The van der Waals surface area contributed by atoms with E-state index in [1.807, 2.05) is 6.92 Å². The van der Waals surface area contributed by atoms with E-state index in [1.54, 1.807) is 0 Å². The minimum absolute atomic E-state index is 0.384. The van der Waals surface area contributed by atoms with Crippen molar-refractivity contribution >= 4 is 0 Å². The Labute approximate surface area is 62.6 Å². The molecule has 1 saturated heterocycles. The Bertz CT molecular complexity index is 112. The van der Waals surface area contributed by atoms with Crippen molar-refractivity contribution in [3.05, 3.63) is 0 Å². The van der Waals surface area contributed by atoms with E-state index in [2.05, 4.69) is 12.2 Å². The van der Waals surface area contributed by atoms with Crippen molar-refractivity contribution in [2.24, 2.45) is 5.92 Å². The summed E-state index contributed by atoms with van der Waals surface area (Å²) in [4.78, 5) is 0. The molecule has 60 valence electrons. The summed E-state index contributed by atoms with van der Waals surface area (Å²) in [5.74, 6) is 0.384. The zero-order chi connectivity index (χ0) is 7.61. The molecule has 2 N–H and O–H groups in total. The molecule has 10 heavy (non-hydrogen) atoms. The van der Waals surface area contributed by atoms with E-state index >= 15 is 0 Å². The Kier molecular flexibility index (Phi) is 2.32. The SMILES string of the molecule is C[C@@H]1CNCCC[C@]1(C)O. The third-order valence-electron chi connectivity index (χ3n) is 2.55. The maximum Gasteiger partial charge on any atom is 0.0657 e. The Morgan fingerprint density at radius 3 is 3.00 bits per heavy atom. The van der Waals surface area contributed by atoms with Crippen LogP contribution in [0.1, 0.15) is 26.7 Å². The predicted molar refractivity (Wildman–Crippen MR) is 41.9 cm³/mol. The van der Waals surface area contributed by atoms with Gasteiger partial charge in [-0.2, -0.15) is 0 Å². The number of hydrogen-bond acceptors (Lipinski definition) is 2. The van der Waals surface area contributed by atoms with Crippen molar-refractivity contribution in [2.75, 3.05) is 13.1 Å². The summed E-state index contributed by atoms with van der Waals surface area (Å²) in [7, 11) is 0. The van der Waals surface area contributed by atoms with Crippen LogP contribution in [0.25, 0.3) is 0 Å². The Morgan fingerprint density at radius 2 is 2.30 bits per heavy atom. The molecule has 0 saturated carbocycles. The van der Waals surface area contributed by atoms with Crippen LogP contribution in [0.15, 0.2) is 0 Å². The van der Waals surface area contributed by atoms with Crippen LogP contribution in [0.4, 0.5) is 0 Å². The number of aliphatic hydroxyl groups is 1. The molecule has 1 aliphatic rings. The van der Waals surface area contributed by atoms with Gasteiger partial charge in [-0.3, -0.25) is 0 Å². The normalized spacial score (nSPS) is 42.9. The average Bonchev–Trinajstić information content (AvgIpc) is 1.96. The number of nitrogens with one attached hydrogen (secondary N) is 1. The van der Waals surface area contributed by atoms with Crippen LogP contribution in [0.3, 0.4) is 0 Å². The summed E-state index contributed by atoms with van der Waals surface area (Å²) in [5, 5.41) is 13.1. The molecule has 1 aliphatic heterocycles. The molecule has 0 amide bonds. The Hall–Kier alpha value is -0.0800. The van der Waals surface area contributed by atoms with Gasteiger partial charge in [-0.15, -0.1) is 0 Å². The molecule has 2 atom stereocenters. The molecule has 0 aromatic rings. The zero-order valence-corrected chi connectivity index (χ0v) is 6.85. The van der Waals surface area contributed by atoms with Crippen molar-refractivity contribution in [1.29, 1.82) is 0 Å². The predicted octanol–water partition coefficient (Wildman–Crippen LogP) is 0.757. The van der Waals surface area contributed by atoms with Crippen LogP contribution in [0.2, 0.25) is 0 Å². The van der Waals surface area contributed by atoms with Gasteiger partial charge < -0.3 is 10.4 Å². The highest BCUT2D eigenvalue weighted by molar-refractivity contribution is 4.83. The van der Waals surface area contributed by atoms with Crippen molar-refractivity contribution < 1.29 is 5.11 Å². The maximum atomic E-state index is 9.78. The van der Waals surface area contributed by atoms with E-state index in [-0.39, 0.29) is 0 Å². The first-order valence-electron chi connectivity index (χ1n) is 4.06. The van der Waals surface area contributed by atoms with Crippen molar-refractivity contribution in [2.45, 2.75) is 32.3 Å². The second-order valence-corrected chi connectivity index (χ2v) is 3.57. The second-order valence-electron chi connectivity index (χ2n) is 3.57. The zero-order valence-electron chi connectivity index (χ0n) is 6.85. The molecule has 0 aliphatic carbocycles. The molecule has 0 aromatic heterocycles. The second kappa shape index (κ2) is 2.89. The fourth-order valence-corrected chi connectivity index (χ4v) is 1.36. The van der Waals surface area contributed by atoms with Crippen LogP contribution < -0.4 is 5.32 Å². The highest BCUT2D eigenvalue weighted by Crippen LogP contribution is 2.23. The lowest BCUT2D eigenvalue weighted by Crippen LogP contribution is -2.35. The van der Waals surface area contributed by atoms with E-state index in [1.165, 1.54) is 0 Å². The summed E-state index contributed by atoms with van der Waals surface area (Å²) in [5.41, 5.74) is -0.441. The van der Waals surface area contributed by atoms with E-state index in [9.17, 15) is 5.11 Å². The molecule has 0 radical (unpaired) electrons. The van der Waals surface area contributed by atoms with E-state index in [0.29, 0.717) is 5.92 Å². The lowest BCUT2D eigenvalue weighted by atomic mass is 9.88. The lowest BCUT2D eigenvalue weighted by Gasteiger charge is -2.27. The van der Waals surface area contributed by atoms with Crippen molar-refractivity contribution in [3.63, 3.8) is 0 Å². The lowest BCUT2D eigenvalue weighted by molar-refractivity contribution is 0.00520. The van der Waals surface area contributed by atoms with Crippen molar-refractivity contribution in [1.82, 2.24) is 5.32 Å².